The Morgan fingerprint density at radius 2 is 1.96 bits per heavy atom. The van der Waals surface area contributed by atoms with Gasteiger partial charge in [0.2, 0.25) is 5.91 Å². The highest BCUT2D eigenvalue weighted by atomic mass is 32.1. The van der Waals surface area contributed by atoms with Gasteiger partial charge in [-0.25, -0.2) is 9.97 Å². The van der Waals surface area contributed by atoms with Crippen molar-refractivity contribution in [1.82, 2.24) is 15.0 Å². The lowest BCUT2D eigenvalue weighted by Crippen LogP contribution is -2.20. The van der Waals surface area contributed by atoms with Crippen molar-refractivity contribution in [3.05, 3.63) is 57.1 Å². The van der Waals surface area contributed by atoms with E-state index in [0.717, 1.165) is 17.0 Å². The number of ether oxygens (including phenoxy) is 1. The Hall–Kier alpha value is -3.00. The molecule has 8 heteroatoms. The summed E-state index contributed by atoms with van der Waals surface area (Å²) in [6.07, 6.45) is 0.517. The largest absolute Gasteiger partial charge is 0.497 e. The van der Waals surface area contributed by atoms with E-state index >= 15 is 0 Å². The number of nitrogens with one attached hydrogen (secondary N) is 2. The minimum absolute atomic E-state index is 0.187. The number of carbonyl (C=O) groups is 1. The molecule has 140 valence electrons. The molecule has 0 bridgehead atoms. The van der Waals surface area contributed by atoms with Crippen LogP contribution in [-0.2, 0) is 11.2 Å². The quantitative estimate of drug-likeness (QED) is 0.681. The highest BCUT2D eigenvalue weighted by Crippen LogP contribution is 2.26. The number of aromatic nitrogens is 3. The molecule has 0 saturated carbocycles. The van der Waals surface area contributed by atoms with Gasteiger partial charge < -0.3 is 15.0 Å². The van der Waals surface area contributed by atoms with Gasteiger partial charge in [0.15, 0.2) is 5.13 Å². The maximum atomic E-state index is 12.2. The van der Waals surface area contributed by atoms with E-state index in [1.165, 1.54) is 11.3 Å². The summed E-state index contributed by atoms with van der Waals surface area (Å²) in [5.74, 6) is 1.16. The second-order valence-corrected chi connectivity index (χ2v) is 6.89. The minimum Gasteiger partial charge on any atom is -0.497 e. The van der Waals surface area contributed by atoms with Crippen LogP contribution >= 0.6 is 11.3 Å². The van der Waals surface area contributed by atoms with Crippen LogP contribution in [0.15, 0.2) is 34.4 Å². The summed E-state index contributed by atoms with van der Waals surface area (Å²) in [7, 11) is 1.62. The van der Waals surface area contributed by atoms with E-state index < -0.39 is 0 Å². The van der Waals surface area contributed by atoms with Crippen LogP contribution in [-0.4, -0.2) is 28.0 Å². The number of aromatic amines is 1. The van der Waals surface area contributed by atoms with Crippen LogP contribution in [0.25, 0.3) is 11.3 Å². The Balaban J connectivity index is 1.62. The molecule has 0 spiro atoms. The van der Waals surface area contributed by atoms with Crippen molar-refractivity contribution in [2.45, 2.75) is 26.7 Å². The number of methoxy groups -OCH3 is 1. The molecule has 0 fully saturated rings. The molecule has 2 N–H and O–H groups in total. The summed E-state index contributed by atoms with van der Waals surface area (Å²) in [4.78, 5) is 35.5. The third-order valence-electron chi connectivity index (χ3n) is 4.08. The molecule has 3 rings (SSSR count). The topological polar surface area (TPSA) is 97.0 Å². The number of rotatable bonds is 6. The zero-order valence-corrected chi connectivity index (χ0v) is 16.1. The molecule has 0 atom stereocenters. The molecular formula is C19H20N4O3S. The number of benzene rings is 1. The predicted molar refractivity (Wildman–Crippen MR) is 105 cm³/mol. The lowest BCUT2D eigenvalue weighted by atomic mass is 10.1. The van der Waals surface area contributed by atoms with E-state index in [4.69, 9.17) is 4.74 Å². The first-order valence-electron chi connectivity index (χ1n) is 8.42. The summed E-state index contributed by atoms with van der Waals surface area (Å²) in [6, 6.07) is 7.56. The molecule has 2 heterocycles. The van der Waals surface area contributed by atoms with Gasteiger partial charge in [-0.1, -0.05) is 0 Å². The highest BCUT2D eigenvalue weighted by Gasteiger charge is 2.12. The normalized spacial score (nSPS) is 10.6. The Bertz CT molecular complexity index is 1010. The van der Waals surface area contributed by atoms with Crippen molar-refractivity contribution in [2.24, 2.45) is 0 Å². The van der Waals surface area contributed by atoms with Gasteiger partial charge in [0.1, 0.15) is 11.6 Å². The number of thiazole rings is 1. The van der Waals surface area contributed by atoms with Crippen molar-refractivity contribution in [3.8, 4) is 17.0 Å². The highest BCUT2D eigenvalue weighted by molar-refractivity contribution is 7.14. The van der Waals surface area contributed by atoms with E-state index in [-0.39, 0.29) is 17.9 Å². The van der Waals surface area contributed by atoms with Crippen LogP contribution in [0.1, 0.15) is 23.5 Å². The zero-order chi connectivity index (χ0) is 19.4. The van der Waals surface area contributed by atoms with Gasteiger partial charge in [-0.15, -0.1) is 11.3 Å². The SMILES string of the molecule is COc1ccc(-c2csc(NC(=O)CCc3c(C)nc(C)[nH]c3=O)n2)cc1. The second kappa shape index (κ2) is 8.13. The second-order valence-electron chi connectivity index (χ2n) is 6.03. The smallest absolute Gasteiger partial charge is 0.254 e. The summed E-state index contributed by atoms with van der Waals surface area (Å²) in [6.45, 7) is 3.51. The zero-order valence-electron chi connectivity index (χ0n) is 15.3. The maximum Gasteiger partial charge on any atom is 0.254 e. The fraction of sp³-hybridized carbons (Fsp3) is 0.263. The van der Waals surface area contributed by atoms with Crippen molar-refractivity contribution in [2.75, 3.05) is 12.4 Å². The molecule has 0 aliphatic rings. The lowest BCUT2D eigenvalue weighted by molar-refractivity contribution is -0.116. The molecular weight excluding hydrogens is 364 g/mol. The van der Waals surface area contributed by atoms with Crippen LogP contribution in [0.3, 0.4) is 0 Å². The molecule has 1 amide bonds. The van der Waals surface area contributed by atoms with Crippen molar-refractivity contribution in [3.63, 3.8) is 0 Å². The minimum atomic E-state index is -0.191. The van der Waals surface area contributed by atoms with Gasteiger partial charge in [-0.3, -0.25) is 9.59 Å². The van der Waals surface area contributed by atoms with Gasteiger partial charge >= 0.3 is 0 Å². The van der Waals surface area contributed by atoms with Gasteiger partial charge in [0, 0.05) is 28.6 Å². The monoisotopic (exact) mass is 384 g/mol. The average molecular weight is 384 g/mol. The number of amides is 1. The molecule has 2 aromatic heterocycles. The number of carbonyl (C=O) groups excluding carboxylic acids is 1. The van der Waals surface area contributed by atoms with Crippen LogP contribution < -0.4 is 15.6 Å². The molecule has 1 aromatic carbocycles. The number of H-pyrrole nitrogens is 1. The number of anilines is 1. The van der Waals surface area contributed by atoms with Gasteiger partial charge in [-0.05, 0) is 44.5 Å². The molecule has 0 aliphatic heterocycles. The molecule has 0 radical (unpaired) electrons. The van der Waals surface area contributed by atoms with E-state index in [2.05, 4.69) is 20.3 Å². The summed E-state index contributed by atoms with van der Waals surface area (Å²) in [5, 5.41) is 5.20. The first-order valence-corrected chi connectivity index (χ1v) is 9.30. The Labute approximate surface area is 160 Å². The van der Waals surface area contributed by atoms with Crippen LogP contribution in [0.4, 0.5) is 5.13 Å². The van der Waals surface area contributed by atoms with E-state index in [1.807, 2.05) is 29.6 Å². The van der Waals surface area contributed by atoms with E-state index in [1.54, 1.807) is 21.0 Å². The maximum absolute atomic E-state index is 12.2. The average Bonchev–Trinajstić information content (AvgIpc) is 3.09. The number of nitrogens with zero attached hydrogens (tertiary/aromatic N) is 2. The summed E-state index contributed by atoms with van der Waals surface area (Å²) < 4.78 is 5.15. The Morgan fingerprint density at radius 1 is 1.22 bits per heavy atom. The first kappa shape index (κ1) is 18.8. The third-order valence-corrected chi connectivity index (χ3v) is 4.84. The molecule has 7 nitrogen and oxygen atoms in total. The lowest BCUT2D eigenvalue weighted by Gasteiger charge is -2.05. The fourth-order valence-corrected chi connectivity index (χ4v) is 3.43. The molecule has 27 heavy (non-hydrogen) atoms. The van der Waals surface area contributed by atoms with E-state index in [9.17, 15) is 9.59 Å². The van der Waals surface area contributed by atoms with Crippen molar-refractivity contribution >= 4 is 22.4 Å². The van der Waals surface area contributed by atoms with Crippen molar-refractivity contribution in [1.29, 1.82) is 0 Å². The summed E-state index contributed by atoms with van der Waals surface area (Å²) in [5.41, 5.74) is 2.73. The van der Waals surface area contributed by atoms with Crippen LogP contribution in [0.5, 0.6) is 5.75 Å². The fourth-order valence-electron chi connectivity index (χ4n) is 2.69. The van der Waals surface area contributed by atoms with Crippen LogP contribution in [0.2, 0.25) is 0 Å². The van der Waals surface area contributed by atoms with Gasteiger partial charge in [0.05, 0.1) is 12.8 Å². The third kappa shape index (κ3) is 4.59. The van der Waals surface area contributed by atoms with E-state index in [0.29, 0.717) is 28.6 Å². The standard InChI is InChI=1S/C19H20N4O3S/c1-11-15(18(25)21-12(2)20-11)8-9-17(24)23-19-22-16(10-27-19)13-4-6-14(26-3)7-5-13/h4-7,10H,8-9H2,1-3H3,(H,20,21,25)(H,22,23,24). The summed E-state index contributed by atoms with van der Waals surface area (Å²) >= 11 is 1.36. The molecule has 0 aliphatic carbocycles. The molecule has 3 aromatic rings. The molecule has 0 unspecified atom stereocenters. The van der Waals surface area contributed by atoms with Crippen LogP contribution in [0, 0.1) is 13.8 Å². The van der Waals surface area contributed by atoms with Gasteiger partial charge in [-0.2, -0.15) is 0 Å². The molecule has 0 saturated heterocycles. The predicted octanol–water partition coefficient (Wildman–Crippen LogP) is 3.09. The first-order chi connectivity index (χ1) is 13.0. The number of aryl methyl sites for hydroxylation is 2. The Kier molecular flexibility index (Phi) is 5.66. The number of hydrogen-bond acceptors (Lipinski definition) is 6. The number of hydrogen-bond donors (Lipinski definition) is 2. The van der Waals surface area contributed by atoms with Crippen molar-refractivity contribution < 1.29 is 9.53 Å². The Morgan fingerprint density at radius 3 is 2.63 bits per heavy atom. The van der Waals surface area contributed by atoms with Gasteiger partial charge in [0.25, 0.3) is 5.56 Å².